The minimum Gasteiger partial charge on any atom is -0.376 e. The first-order chi connectivity index (χ1) is 9.65. The van der Waals surface area contributed by atoms with Crippen LogP contribution in [-0.4, -0.2) is 48.1 Å². The van der Waals surface area contributed by atoms with Gasteiger partial charge in [0.25, 0.3) is 5.91 Å². The minimum atomic E-state index is -0.000877. The van der Waals surface area contributed by atoms with Crippen LogP contribution in [0.2, 0.25) is 0 Å². The van der Waals surface area contributed by atoms with E-state index in [-0.39, 0.29) is 18.1 Å². The predicted molar refractivity (Wildman–Crippen MR) is 78.9 cm³/mol. The third kappa shape index (κ3) is 3.10. The molecule has 1 aromatic heterocycles. The number of anilines is 1. The van der Waals surface area contributed by atoms with E-state index in [4.69, 9.17) is 4.74 Å². The SMILES string of the molecule is CCCNc1ncccc1C(=O)N(C)C1CCOC1C. The summed E-state index contributed by atoms with van der Waals surface area (Å²) in [5, 5.41) is 3.21. The number of carbonyl (C=O) groups is 1. The summed E-state index contributed by atoms with van der Waals surface area (Å²) in [6.45, 7) is 5.63. The molecule has 0 aromatic carbocycles. The van der Waals surface area contributed by atoms with Crippen molar-refractivity contribution in [1.29, 1.82) is 0 Å². The average molecular weight is 277 g/mol. The molecule has 0 bridgehead atoms. The molecule has 1 fully saturated rings. The number of carbonyl (C=O) groups excluding carboxylic acids is 1. The van der Waals surface area contributed by atoms with Crippen LogP contribution < -0.4 is 5.32 Å². The molecule has 1 amide bonds. The van der Waals surface area contributed by atoms with E-state index in [2.05, 4.69) is 17.2 Å². The van der Waals surface area contributed by atoms with Crippen LogP contribution >= 0.6 is 0 Å². The molecule has 1 aromatic rings. The summed E-state index contributed by atoms with van der Waals surface area (Å²) in [5.74, 6) is 0.664. The first-order valence-corrected chi connectivity index (χ1v) is 7.22. The van der Waals surface area contributed by atoms with Crippen LogP contribution in [0.4, 0.5) is 5.82 Å². The second-order valence-corrected chi connectivity index (χ2v) is 5.17. The highest BCUT2D eigenvalue weighted by atomic mass is 16.5. The molecule has 5 heteroatoms. The quantitative estimate of drug-likeness (QED) is 0.896. The van der Waals surface area contributed by atoms with Gasteiger partial charge in [0.05, 0.1) is 17.7 Å². The summed E-state index contributed by atoms with van der Waals surface area (Å²) < 4.78 is 5.54. The molecule has 0 radical (unpaired) electrons. The molecule has 20 heavy (non-hydrogen) atoms. The molecule has 2 rings (SSSR count). The number of amides is 1. The molecule has 110 valence electrons. The maximum atomic E-state index is 12.7. The zero-order chi connectivity index (χ0) is 14.5. The van der Waals surface area contributed by atoms with Crippen LogP contribution in [0.1, 0.15) is 37.0 Å². The molecule has 0 saturated carbocycles. The van der Waals surface area contributed by atoms with Gasteiger partial charge in [0, 0.05) is 26.4 Å². The lowest BCUT2D eigenvalue weighted by Crippen LogP contribution is -2.41. The van der Waals surface area contributed by atoms with Gasteiger partial charge < -0.3 is 15.0 Å². The number of nitrogens with zero attached hydrogens (tertiary/aromatic N) is 2. The first-order valence-electron chi connectivity index (χ1n) is 7.22. The van der Waals surface area contributed by atoms with Crippen molar-refractivity contribution >= 4 is 11.7 Å². The van der Waals surface area contributed by atoms with Crippen LogP contribution in [0.15, 0.2) is 18.3 Å². The van der Waals surface area contributed by atoms with Gasteiger partial charge in [-0.3, -0.25) is 4.79 Å². The fraction of sp³-hybridized carbons (Fsp3) is 0.600. The van der Waals surface area contributed by atoms with E-state index >= 15 is 0 Å². The third-order valence-electron chi connectivity index (χ3n) is 3.73. The van der Waals surface area contributed by atoms with Crippen LogP contribution in [0.5, 0.6) is 0 Å². The summed E-state index contributed by atoms with van der Waals surface area (Å²) in [6.07, 6.45) is 3.68. The molecular weight excluding hydrogens is 254 g/mol. The summed E-state index contributed by atoms with van der Waals surface area (Å²) >= 11 is 0. The second kappa shape index (κ2) is 6.70. The summed E-state index contributed by atoms with van der Waals surface area (Å²) in [5.41, 5.74) is 0.627. The molecule has 1 saturated heterocycles. The zero-order valence-corrected chi connectivity index (χ0v) is 12.4. The Labute approximate surface area is 120 Å². The number of pyridine rings is 1. The van der Waals surface area contributed by atoms with E-state index < -0.39 is 0 Å². The fourth-order valence-electron chi connectivity index (χ4n) is 2.53. The molecule has 0 spiro atoms. The van der Waals surface area contributed by atoms with E-state index in [9.17, 15) is 4.79 Å². The highest BCUT2D eigenvalue weighted by Crippen LogP contribution is 2.22. The molecular formula is C15H23N3O2. The van der Waals surface area contributed by atoms with Crippen molar-refractivity contribution < 1.29 is 9.53 Å². The number of nitrogens with one attached hydrogen (secondary N) is 1. The molecule has 2 heterocycles. The molecule has 5 nitrogen and oxygen atoms in total. The highest BCUT2D eigenvalue weighted by Gasteiger charge is 2.31. The van der Waals surface area contributed by atoms with Gasteiger partial charge in [-0.05, 0) is 31.9 Å². The van der Waals surface area contributed by atoms with E-state index in [1.165, 1.54) is 0 Å². The van der Waals surface area contributed by atoms with Crippen LogP contribution in [0.25, 0.3) is 0 Å². The van der Waals surface area contributed by atoms with Gasteiger partial charge in [-0.2, -0.15) is 0 Å². The number of hydrogen-bond acceptors (Lipinski definition) is 4. The summed E-state index contributed by atoms with van der Waals surface area (Å²) in [4.78, 5) is 18.7. The Bertz CT molecular complexity index is 464. The molecule has 2 unspecified atom stereocenters. The molecule has 0 aliphatic carbocycles. The predicted octanol–water partition coefficient (Wildman–Crippen LogP) is 2.15. The maximum Gasteiger partial charge on any atom is 0.257 e. The van der Waals surface area contributed by atoms with Crippen molar-refractivity contribution in [1.82, 2.24) is 9.88 Å². The minimum absolute atomic E-state index is 0.000877. The smallest absolute Gasteiger partial charge is 0.257 e. The van der Waals surface area contributed by atoms with Gasteiger partial charge in [0.1, 0.15) is 5.82 Å². The molecule has 1 aliphatic rings. The van der Waals surface area contributed by atoms with Crippen molar-refractivity contribution in [2.24, 2.45) is 0 Å². The van der Waals surface area contributed by atoms with Gasteiger partial charge in [-0.15, -0.1) is 0 Å². The van der Waals surface area contributed by atoms with E-state index in [0.29, 0.717) is 11.4 Å². The number of hydrogen-bond donors (Lipinski definition) is 1. The maximum absolute atomic E-state index is 12.7. The third-order valence-corrected chi connectivity index (χ3v) is 3.73. The Hall–Kier alpha value is -1.62. The monoisotopic (exact) mass is 277 g/mol. The van der Waals surface area contributed by atoms with Crippen molar-refractivity contribution in [3.05, 3.63) is 23.9 Å². The Balaban J connectivity index is 2.15. The van der Waals surface area contributed by atoms with Gasteiger partial charge in [-0.1, -0.05) is 6.92 Å². The van der Waals surface area contributed by atoms with Gasteiger partial charge in [0.15, 0.2) is 0 Å². The largest absolute Gasteiger partial charge is 0.376 e. The number of aromatic nitrogens is 1. The highest BCUT2D eigenvalue weighted by molar-refractivity contribution is 5.98. The Kier molecular flexibility index (Phi) is 4.95. The van der Waals surface area contributed by atoms with Gasteiger partial charge >= 0.3 is 0 Å². The van der Waals surface area contributed by atoms with Crippen molar-refractivity contribution in [3.63, 3.8) is 0 Å². The first kappa shape index (κ1) is 14.8. The zero-order valence-electron chi connectivity index (χ0n) is 12.4. The molecule has 1 N–H and O–H groups in total. The van der Waals surface area contributed by atoms with E-state index in [1.807, 2.05) is 20.0 Å². The fourth-order valence-corrected chi connectivity index (χ4v) is 2.53. The summed E-state index contributed by atoms with van der Waals surface area (Å²) in [6, 6.07) is 3.76. The molecule has 2 atom stereocenters. The average Bonchev–Trinajstić information content (AvgIpc) is 2.90. The van der Waals surface area contributed by atoms with Crippen molar-refractivity contribution in [2.45, 2.75) is 38.8 Å². The standard InChI is InChI=1S/C15H23N3O2/c1-4-8-16-14-12(6-5-9-17-14)15(19)18(3)13-7-10-20-11(13)2/h5-6,9,11,13H,4,7-8,10H2,1-3H3,(H,16,17). The lowest BCUT2D eigenvalue weighted by molar-refractivity contribution is 0.0575. The van der Waals surface area contributed by atoms with Crippen molar-refractivity contribution in [2.75, 3.05) is 25.5 Å². The van der Waals surface area contributed by atoms with Gasteiger partial charge in [-0.25, -0.2) is 4.98 Å². The van der Waals surface area contributed by atoms with Gasteiger partial charge in [0.2, 0.25) is 0 Å². The number of likely N-dealkylation sites (N-methyl/N-ethyl adjacent to an activating group) is 1. The van der Waals surface area contributed by atoms with E-state index in [1.54, 1.807) is 17.2 Å². The van der Waals surface area contributed by atoms with E-state index in [0.717, 1.165) is 26.0 Å². The normalized spacial score (nSPS) is 21.8. The number of ether oxygens (including phenoxy) is 1. The van der Waals surface area contributed by atoms with Crippen LogP contribution in [0.3, 0.4) is 0 Å². The van der Waals surface area contributed by atoms with Crippen LogP contribution in [-0.2, 0) is 4.74 Å². The topological polar surface area (TPSA) is 54.5 Å². The Morgan fingerprint density at radius 3 is 3.05 bits per heavy atom. The molecule has 1 aliphatic heterocycles. The second-order valence-electron chi connectivity index (χ2n) is 5.17. The van der Waals surface area contributed by atoms with Crippen molar-refractivity contribution in [3.8, 4) is 0 Å². The Morgan fingerprint density at radius 2 is 2.40 bits per heavy atom. The van der Waals surface area contributed by atoms with Crippen LogP contribution in [0, 0.1) is 0 Å². The lowest BCUT2D eigenvalue weighted by Gasteiger charge is -2.27. The number of rotatable bonds is 5. The lowest BCUT2D eigenvalue weighted by atomic mass is 10.1. The Morgan fingerprint density at radius 1 is 1.60 bits per heavy atom. The summed E-state index contributed by atoms with van der Waals surface area (Å²) in [7, 11) is 1.84.